The van der Waals surface area contributed by atoms with Gasteiger partial charge in [-0.05, 0) is 109 Å². The fraction of sp³-hybridized carbons (Fsp3) is 0.812. The van der Waals surface area contributed by atoms with Gasteiger partial charge in [-0.25, -0.2) is 0 Å². The van der Waals surface area contributed by atoms with Gasteiger partial charge in [0.1, 0.15) is 13.2 Å². The third-order valence-corrected chi connectivity index (χ3v) is 14.5. The zero-order valence-corrected chi connectivity index (χ0v) is 50.1. The minimum atomic E-state index is -0.786. The summed E-state index contributed by atoms with van der Waals surface area (Å²) in [6.45, 7) is 6.63. The second-order valence-electron chi connectivity index (χ2n) is 22.0. The van der Waals surface area contributed by atoms with E-state index in [4.69, 9.17) is 14.2 Å². The van der Waals surface area contributed by atoms with Gasteiger partial charge < -0.3 is 14.2 Å². The first-order valence-electron chi connectivity index (χ1n) is 32.8. The summed E-state index contributed by atoms with van der Waals surface area (Å²) in [6, 6.07) is 0. The van der Waals surface area contributed by atoms with Gasteiger partial charge >= 0.3 is 17.9 Å². The summed E-state index contributed by atoms with van der Waals surface area (Å²) >= 11 is 0. The predicted octanol–water partition coefficient (Wildman–Crippen LogP) is 22.3. The van der Waals surface area contributed by atoms with E-state index in [2.05, 4.69) is 81.5 Å². The van der Waals surface area contributed by atoms with Gasteiger partial charge in [0.25, 0.3) is 0 Å². The second-order valence-corrected chi connectivity index (χ2v) is 22.0. The van der Waals surface area contributed by atoms with Gasteiger partial charge in [-0.2, -0.15) is 0 Å². The van der Waals surface area contributed by atoms with Crippen LogP contribution in [-0.2, 0) is 28.6 Å². The van der Waals surface area contributed by atoms with Gasteiger partial charge in [-0.3, -0.25) is 14.4 Å². The molecule has 0 aliphatic rings. The van der Waals surface area contributed by atoms with Crippen LogP contribution in [0.25, 0.3) is 0 Å². The molecule has 436 valence electrons. The summed E-state index contributed by atoms with van der Waals surface area (Å²) < 4.78 is 16.9. The van der Waals surface area contributed by atoms with Crippen molar-refractivity contribution < 1.29 is 28.6 Å². The molecule has 75 heavy (non-hydrogen) atoms. The van der Waals surface area contributed by atoms with Gasteiger partial charge in [0, 0.05) is 19.3 Å². The van der Waals surface area contributed by atoms with Crippen molar-refractivity contribution in [3.8, 4) is 0 Å². The predicted molar refractivity (Wildman–Crippen MR) is 325 cm³/mol. The molecule has 0 saturated heterocycles. The summed E-state index contributed by atoms with van der Waals surface area (Å²) in [5, 5.41) is 0. The Balaban J connectivity index is 4.38. The normalized spacial score (nSPS) is 12.4. The van der Waals surface area contributed by atoms with Gasteiger partial charge in [0.05, 0.1) is 0 Å². The van der Waals surface area contributed by atoms with Crippen LogP contribution in [0.5, 0.6) is 0 Å². The number of carbonyl (C=O) groups is 3. The van der Waals surface area contributed by atoms with E-state index < -0.39 is 6.10 Å². The van der Waals surface area contributed by atoms with Crippen molar-refractivity contribution in [1.29, 1.82) is 0 Å². The maximum Gasteiger partial charge on any atom is 0.306 e. The highest BCUT2D eigenvalue weighted by molar-refractivity contribution is 5.71. The molecule has 0 N–H and O–H groups in total. The molecule has 1 atom stereocenters. The van der Waals surface area contributed by atoms with E-state index in [9.17, 15) is 14.4 Å². The van der Waals surface area contributed by atoms with Crippen molar-refractivity contribution in [3.05, 3.63) is 60.8 Å². The van der Waals surface area contributed by atoms with Crippen molar-refractivity contribution >= 4 is 17.9 Å². The summed E-state index contributed by atoms with van der Waals surface area (Å²) in [5.74, 6) is -0.887. The molecule has 0 radical (unpaired) electrons. The third kappa shape index (κ3) is 61.8. The van der Waals surface area contributed by atoms with Crippen molar-refractivity contribution in [1.82, 2.24) is 0 Å². The van der Waals surface area contributed by atoms with E-state index >= 15 is 0 Å². The Morgan fingerprint density at radius 2 is 0.480 bits per heavy atom. The lowest BCUT2D eigenvalue weighted by molar-refractivity contribution is -0.167. The lowest BCUT2D eigenvalue weighted by Gasteiger charge is -2.18. The van der Waals surface area contributed by atoms with Crippen LogP contribution < -0.4 is 0 Å². The first-order chi connectivity index (χ1) is 37.0. The number of hydrogen-bond donors (Lipinski definition) is 0. The number of allylic oxidation sites excluding steroid dienone is 10. The molecule has 0 aliphatic heterocycles. The zero-order chi connectivity index (χ0) is 54.3. The number of esters is 3. The first-order valence-corrected chi connectivity index (χ1v) is 32.8. The van der Waals surface area contributed by atoms with E-state index in [1.165, 1.54) is 218 Å². The quantitative estimate of drug-likeness (QED) is 0.0261. The minimum absolute atomic E-state index is 0.0807. The molecule has 0 fully saturated rings. The Kier molecular flexibility index (Phi) is 61.2. The molecule has 0 rings (SSSR count). The molecule has 0 aromatic heterocycles. The molecule has 0 aromatic carbocycles. The van der Waals surface area contributed by atoms with Crippen molar-refractivity contribution in [2.45, 2.75) is 348 Å². The number of ether oxygens (including phenoxy) is 3. The first kappa shape index (κ1) is 72.1. The molecule has 0 aromatic rings. The Bertz CT molecular complexity index is 1340. The van der Waals surface area contributed by atoms with Crippen molar-refractivity contribution in [2.75, 3.05) is 13.2 Å². The summed E-state index contributed by atoms with van der Waals surface area (Å²) in [6.07, 6.45) is 80.8. The minimum Gasteiger partial charge on any atom is -0.462 e. The van der Waals surface area contributed by atoms with E-state index in [0.717, 1.165) is 83.5 Å². The highest BCUT2D eigenvalue weighted by Gasteiger charge is 2.19. The summed E-state index contributed by atoms with van der Waals surface area (Å²) in [7, 11) is 0. The number of carbonyl (C=O) groups excluding carboxylic acids is 3. The Morgan fingerprint density at radius 1 is 0.267 bits per heavy atom. The lowest BCUT2D eigenvalue weighted by Crippen LogP contribution is -2.30. The molecule has 0 aliphatic carbocycles. The fourth-order valence-electron chi connectivity index (χ4n) is 9.50. The molecule has 6 nitrogen and oxygen atoms in total. The summed E-state index contributed by atoms with van der Waals surface area (Å²) in [5.41, 5.74) is 0. The smallest absolute Gasteiger partial charge is 0.306 e. The maximum absolute atomic E-state index is 12.9. The molecule has 0 amide bonds. The highest BCUT2D eigenvalue weighted by Crippen LogP contribution is 2.17. The monoisotopic (exact) mass is 1050 g/mol. The van der Waals surface area contributed by atoms with Crippen molar-refractivity contribution in [3.63, 3.8) is 0 Å². The Hall–Kier alpha value is -2.89. The van der Waals surface area contributed by atoms with Gasteiger partial charge in [0.2, 0.25) is 0 Å². The lowest BCUT2D eigenvalue weighted by atomic mass is 10.0. The Morgan fingerprint density at radius 3 is 0.787 bits per heavy atom. The standard InChI is InChI=1S/C69H124O6/c1-4-7-10-13-16-19-22-25-28-31-33-34-36-39-42-45-48-51-54-57-60-63-69(72)75-66(64-73-67(70)61-58-55-52-49-46-43-40-37-30-27-24-21-18-15-12-9-6-3)65-74-68(71)62-59-56-53-50-47-44-41-38-35-32-29-26-23-20-17-14-11-8-5-2/h18,21,25-30,40,43,66H,4-17,19-20,22-24,31-39,41-42,44-65H2,1-3H3/b21-18-,28-25-,29-26-,30-27-,43-40-/t66-/m1/s1. The number of unbranched alkanes of at least 4 members (excludes halogenated alkanes) is 39. The average Bonchev–Trinajstić information content (AvgIpc) is 3.41. The van der Waals surface area contributed by atoms with Crippen LogP contribution in [-0.4, -0.2) is 37.2 Å². The molecule has 0 unspecified atom stereocenters. The van der Waals surface area contributed by atoms with Crippen molar-refractivity contribution in [2.24, 2.45) is 0 Å². The van der Waals surface area contributed by atoms with Gasteiger partial charge in [-0.15, -0.1) is 0 Å². The molecular formula is C69H124O6. The molecule has 0 bridgehead atoms. The van der Waals surface area contributed by atoms with Crippen LogP contribution in [0, 0.1) is 0 Å². The number of rotatable bonds is 60. The van der Waals surface area contributed by atoms with E-state index in [0.29, 0.717) is 19.3 Å². The van der Waals surface area contributed by atoms with Crippen LogP contribution >= 0.6 is 0 Å². The highest BCUT2D eigenvalue weighted by atomic mass is 16.6. The maximum atomic E-state index is 12.9. The summed E-state index contributed by atoms with van der Waals surface area (Å²) in [4.78, 5) is 38.4. The largest absolute Gasteiger partial charge is 0.462 e. The molecular weight excluding hydrogens is 925 g/mol. The molecule has 0 heterocycles. The molecule has 0 saturated carbocycles. The average molecular weight is 1050 g/mol. The SMILES string of the molecule is CCCCC/C=C\C/C=C\C/C=C\CCCCCCC(=O)OC[C@H](COC(=O)CCCCCCCCCCC/C=C\CCCCCCCC)OC(=O)CCCCCCCCCCCCC/C=C\CCCCCCCC. The third-order valence-electron chi connectivity index (χ3n) is 14.5. The van der Waals surface area contributed by atoms with Crippen LogP contribution in [0.3, 0.4) is 0 Å². The zero-order valence-electron chi connectivity index (χ0n) is 50.1. The van der Waals surface area contributed by atoms with E-state index in [1.807, 2.05) is 0 Å². The van der Waals surface area contributed by atoms with Gasteiger partial charge in [-0.1, -0.05) is 274 Å². The molecule has 6 heteroatoms. The second kappa shape index (κ2) is 63.6. The van der Waals surface area contributed by atoms with Gasteiger partial charge in [0.15, 0.2) is 6.10 Å². The van der Waals surface area contributed by atoms with Crippen LogP contribution in [0.1, 0.15) is 342 Å². The number of hydrogen-bond acceptors (Lipinski definition) is 6. The van der Waals surface area contributed by atoms with Crippen LogP contribution in [0.2, 0.25) is 0 Å². The topological polar surface area (TPSA) is 78.9 Å². The molecule has 0 spiro atoms. The van der Waals surface area contributed by atoms with E-state index in [1.54, 1.807) is 0 Å². The van der Waals surface area contributed by atoms with Crippen LogP contribution in [0.4, 0.5) is 0 Å². The van der Waals surface area contributed by atoms with Crippen LogP contribution in [0.15, 0.2) is 60.8 Å². The fourth-order valence-corrected chi connectivity index (χ4v) is 9.50. The van der Waals surface area contributed by atoms with E-state index in [-0.39, 0.29) is 31.1 Å². The Labute approximate surface area is 466 Å².